The van der Waals surface area contributed by atoms with Crippen LogP contribution in [0.4, 0.5) is 26.3 Å². The average molecular weight is 482 g/mol. The molecule has 0 aromatic heterocycles. The maximum absolute atomic E-state index is 14.4. The van der Waals surface area contributed by atoms with Crippen LogP contribution in [0.15, 0.2) is 53.6 Å². The molecule has 0 saturated carbocycles. The summed E-state index contributed by atoms with van der Waals surface area (Å²) in [4.78, 5) is 16.6. The van der Waals surface area contributed by atoms with Gasteiger partial charge in [-0.15, -0.1) is 0 Å². The summed E-state index contributed by atoms with van der Waals surface area (Å²) in [6.07, 6.45) is -2.91. The first-order valence-electron chi connectivity index (χ1n) is 9.33. The Labute approximate surface area is 186 Å². The second-order valence-electron chi connectivity index (χ2n) is 6.95. The van der Waals surface area contributed by atoms with Crippen LogP contribution >= 0.6 is 0 Å². The zero-order valence-electron chi connectivity index (χ0n) is 17.0. The minimum absolute atomic E-state index is 0.0223. The Morgan fingerprint density at radius 3 is 2.35 bits per heavy atom. The highest BCUT2D eigenvalue weighted by molar-refractivity contribution is 5.73. The van der Waals surface area contributed by atoms with Crippen LogP contribution in [-0.4, -0.2) is 22.0 Å². The molecule has 2 aromatic carbocycles. The van der Waals surface area contributed by atoms with Crippen molar-refractivity contribution in [2.24, 2.45) is 0 Å². The molecule has 2 aliphatic rings. The van der Waals surface area contributed by atoms with E-state index in [-0.39, 0.29) is 22.5 Å². The van der Waals surface area contributed by atoms with E-state index in [0.717, 1.165) is 31.6 Å². The number of benzene rings is 2. The number of aromatic nitrogens is 2. The first-order valence-corrected chi connectivity index (χ1v) is 9.33. The van der Waals surface area contributed by atoms with Crippen LogP contribution in [0.1, 0.15) is 5.56 Å². The molecule has 0 atom stereocenters. The Morgan fingerprint density at radius 2 is 1.68 bits per heavy atom. The fraction of sp³-hybridized carbons (Fsp3) is 0.0909. The van der Waals surface area contributed by atoms with Crippen molar-refractivity contribution in [3.05, 3.63) is 82.0 Å². The van der Waals surface area contributed by atoms with Crippen LogP contribution in [0.5, 0.6) is 17.2 Å². The third-order valence-electron chi connectivity index (χ3n) is 4.79. The largest absolute Gasteiger partial charge is 0.490 e. The topological polar surface area (TPSA) is 73.6 Å². The van der Waals surface area contributed by atoms with Crippen molar-refractivity contribution >= 4 is 0 Å². The Bertz CT molecular complexity index is 1430. The van der Waals surface area contributed by atoms with E-state index in [2.05, 4.69) is 4.98 Å². The van der Waals surface area contributed by atoms with Crippen LogP contribution in [0.3, 0.4) is 0 Å². The van der Waals surface area contributed by atoms with Crippen molar-refractivity contribution < 1.29 is 41.0 Å². The molecular formula is C22H12F6N2O4. The Hall–Kier alpha value is -4.22. The molecule has 34 heavy (non-hydrogen) atoms. The quantitative estimate of drug-likeness (QED) is 0.308. The van der Waals surface area contributed by atoms with Gasteiger partial charge in [-0.05, 0) is 30.3 Å². The lowest BCUT2D eigenvalue weighted by Gasteiger charge is -2.17. The second kappa shape index (κ2) is 8.28. The van der Waals surface area contributed by atoms with Gasteiger partial charge in [0.05, 0.1) is 35.8 Å². The van der Waals surface area contributed by atoms with E-state index in [1.807, 2.05) is 0 Å². The Morgan fingerprint density at radius 1 is 0.941 bits per heavy atom. The third-order valence-corrected chi connectivity index (χ3v) is 4.79. The number of rotatable bonds is 4. The van der Waals surface area contributed by atoms with Gasteiger partial charge in [0.25, 0.3) is 0 Å². The van der Waals surface area contributed by atoms with Crippen molar-refractivity contribution in [3.63, 3.8) is 0 Å². The normalized spacial score (nSPS) is 11.6. The molecule has 0 aliphatic carbocycles. The molecule has 0 bridgehead atoms. The summed E-state index contributed by atoms with van der Waals surface area (Å²) in [6.45, 7) is 0. The first-order chi connectivity index (χ1) is 16.0. The van der Waals surface area contributed by atoms with Crippen LogP contribution in [0.2, 0.25) is 0 Å². The summed E-state index contributed by atoms with van der Waals surface area (Å²) in [6, 6.07) is 4.50. The van der Waals surface area contributed by atoms with Gasteiger partial charge in [-0.2, -0.15) is 17.6 Å². The molecule has 0 radical (unpaired) electrons. The third kappa shape index (κ3) is 4.09. The number of hydrogen-bond donors (Lipinski definition) is 1. The standard InChI is InChI=1S/C22H12F6N2O4/c1-33-21-18(3-2-13(23)20(21)25)34-19-7-12(22(26,27)28)14(24)6-10(19)16-8-17(31)11-9-30(32)5-4-15(11)29-16/h2-9,32H,1H3. The molecule has 2 heterocycles. The fourth-order valence-corrected chi connectivity index (χ4v) is 3.23. The lowest BCUT2D eigenvalue weighted by Crippen LogP contribution is -2.12. The lowest BCUT2D eigenvalue weighted by atomic mass is 10.0. The molecule has 0 unspecified atom stereocenters. The summed E-state index contributed by atoms with van der Waals surface area (Å²) in [5.41, 5.74) is -3.00. The molecule has 0 fully saturated rings. The van der Waals surface area contributed by atoms with E-state index in [1.54, 1.807) is 0 Å². The molecule has 12 heteroatoms. The van der Waals surface area contributed by atoms with Crippen molar-refractivity contribution in [1.29, 1.82) is 0 Å². The van der Waals surface area contributed by atoms with Gasteiger partial charge < -0.3 is 14.7 Å². The maximum atomic E-state index is 14.4. The number of methoxy groups -OCH3 is 1. The predicted molar refractivity (Wildman–Crippen MR) is 106 cm³/mol. The SMILES string of the molecule is COc1c(Oc2cc(C(F)(F)F)c(F)cc2-c2cc(=O)c3cn(O)ccc-3n2)ccc(F)c1F. The first kappa shape index (κ1) is 23.0. The zero-order valence-corrected chi connectivity index (χ0v) is 17.0. The van der Waals surface area contributed by atoms with Crippen molar-refractivity contribution in [1.82, 2.24) is 9.71 Å². The molecule has 1 N–H and O–H groups in total. The fourth-order valence-electron chi connectivity index (χ4n) is 3.23. The molecule has 176 valence electrons. The van der Waals surface area contributed by atoms with E-state index in [0.29, 0.717) is 22.9 Å². The highest BCUT2D eigenvalue weighted by Crippen LogP contribution is 2.43. The maximum Gasteiger partial charge on any atom is 0.419 e. The highest BCUT2D eigenvalue weighted by atomic mass is 19.4. The number of nitrogens with zero attached hydrogens (tertiary/aromatic N) is 2. The van der Waals surface area contributed by atoms with E-state index in [1.165, 1.54) is 6.07 Å². The number of ether oxygens (including phenoxy) is 2. The van der Waals surface area contributed by atoms with Crippen LogP contribution in [0, 0.1) is 17.5 Å². The average Bonchev–Trinajstić information content (AvgIpc) is 2.77. The van der Waals surface area contributed by atoms with Gasteiger partial charge in [0.2, 0.25) is 11.6 Å². The van der Waals surface area contributed by atoms with E-state index in [9.17, 15) is 36.3 Å². The molecular weight excluding hydrogens is 470 g/mol. The summed E-state index contributed by atoms with van der Waals surface area (Å²) in [7, 11) is 0.986. The molecule has 2 aliphatic heterocycles. The van der Waals surface area contributed by atoms with Crippen LogP contribution in [0.25, 0.3) is 22.5 Å². The summed E-state index contributed by atoms with van der Waals surface area (Å²) < 4.78 is 92.9. The molecule has 0 saturated heterocycles. The van der Waals surface area contributed by atoms with Gasteiger partial charge in [0.1, 0.15) is 11.6 Å². The van der Waals surface area contributed by atoms with Crippen molar-refractivity contribution in [2.45, 2.75) is 6.18 Å². The number of alkyl halides is 3. The van der Waals surface area contributed by atoms with Crippen LogP contribution in [-0.2, 0) is 6.18 Å². The molecule has 4 rings (SSSR count). The monoisotopic (exact) mass is 482 g/mol. The van der Waals surface area contributed by atoms with Gasteiger partial charge in [0, 0.05) is 17.8 Å². The molecule has 0 spiro atoms. The number of pyridine rings is 2. The van der Waals surface area contributed by atoms with Gasteiger partial charge in [-0.1, -0.05) is 0 Å². The lowest BCUT2D eigenvalue weighted by molar-refractivity contribution is -0.140. The number of halogens is 6. The predicted octanol–water partition coefficient (Wildman–Crippen LogP) is 5.49. The smallest absolute Gasteiger partial charge is 0.419 e. The summed E-state index contributed by atoms with van der Waals surface area (Å²) in [5, 5.41) is 9.49. The number of fused-ring (bicyclic) bond motifs is 1. The van der Waals surface area contributed by atoms with Crippen molar-refractivity contribution in [3.8, 4) is 39.8 Å². The van der Waals surface area contributed by atoms with E-state index < -0.39 is 51.9 Å². The van der Waals surface area contributed by atoms with Gasteiger partial charge in [-0.25, -0.2) is 18.5 Å². The minimum atomic E-state index is -5.12. The number of hydrogen-bond acceptors (Lipinski definition) is 5. The Balaban J connectivity index is 1.96. The van der Waals surface area contributed by atoms with Gasteiger partial charge >= 0.3 is 6.18 Å². The van der Waals surface area contributed by atoms with Crippen molar-refractivity contribution in [2.75, 3.05) is 7.11 Å². The molecule has 0 amide bonds. The Kier molecular flexibility index (Phi) is 5.59. The van der Waals surface area contributed by atoms with Gasteiger partial charge in [0.15, 0.2) is 17.0 Å². The summed E-state index contributed by atoms with van der Waals surface area (Å²) >= 11 is 0. The molecule has 6 nitrogen and oxygen atoms in total. The van der Waals surface area contributed by atoms with E-state index in [4.69, 9.17) is 9.47 Å². The summed E-state index contributed by atoms with van der Waals surface area (Å²) in [5.74, 6) is -6.34. The molecule has 2 aromatic rings. The van der Waals surface area contributed by atoms with Crippen LogP contribution < -0.4 is 14.9 Å². The highest BCUT2D eigenvalue weighted by Gasteiger charge is 2.36. The van der Waals surface area contributed by atoms with Gasteiger partial charge in [-0.3, -0.25) is 4.79 Å². The second-order valence-corrected chi connectivity index (χ2v) is 6.95. The zero-order chi connectivity index (χ0) is 24.8. The minimum Gasteiger partial charge on any atom is -0.490 e. The van der Waals surface area contributed by atoms with E-state index >= 15 is 0 Å².